The Balaban J connectivity index is 1.95. The van der Waals surface area contributed by atoms with E-state index in [0.29, 0.717) is 11.6 Å². The van der Waals surface area contributed by atoms with E-state index in [1.807, 2.05) is 31.2 Å². The lowest BCUT2D eigenvalue weighted by Crippen LogP contribution is -2.51. The van der Waals surface area contributed by atoms with Crippen LogP contribution in [0.2, 0.25) is 0 Å². The van der Waals surface area contributed by atoms with Crippen molar-refractivity contribution < 1.29 is 38.1 Å². The van der Waals surface area contributed by atoms with Gasteiger partial charge in [-0.1, -0.05) is 31.2 Å². The smallest absolute Gasteiger partial charge is 0.410 e. The van der Waals surface area contributed by atoms with Crippen LogP contribution in [-0.2, 0) is 24.1 Å². The van der Waals surface area contributed by atoms with Crippen molar-refractivity contribution >= 4 is 18.0 Å². The molecule has 230 valence electrons. The van der Waals surface area contributed by atoms with Gasteiger partial charge in [-0.15, -0.1) is 0 Å². The number of rotatable bonds is 11. The van der Waals surface area contributed by atoms with Gasteiger partial charge in [0.2, 0.25) is 0 Å². The van der Waals surface area contributed by atoms with Gasteiger partial charge in [-0.2, -0.15) is 0 Å². The number of benzene rings is 3. The summed E-state index contributed by atoms with van der Waals surface area (Å²) in [5, 5.41) is 23.6. The number of aliphatic hydroxyl groups excluding tert-OH is 1. The van der Waals surface area contributed by atoms with E-state index in [2.05, 4.69) is 5.32 Å². The van der Waals surface area contributed by atoms with Gasteiger partial charge in [-0.05, 0) is 93.1 Å². The van der Waals surface area contributed by atoms with Crippen LogP contribution in [0.3, 0.4) is 0 Å². The van der Waals surface area contributed by atoms with E-state index < -0.39 is 47.4 Å². The van der Waals surface area contributed by atoms with Crippen LogP contribution in [-0.4, -0.2) is 57.4 Å². The van der Waals surface area contributed by atoms with Gasteiger partial charge in [0.15, 0.2) is 0 Å². The summed E-state index contributed by atoms with van der Waals surface area (Å²) in [5.74, 6) is -3.58. The topological polar surface area (TPSA) is 116 Å². The van der Waals surface area contributed by atoms with Crippen LogP contribution >= 0.6 is 0 Å². The Morgan fingerprint density at radius 2 is 1.56 bits per heavy atom. The van der Waals surface area contributed by atoms with Crippen LogP contribution < -0.4 is 5.32 Å². The molecule has 3 aromatic rings. The molecule has 43 heavy (non-hydrogen) atoms. The predicted molar refractivity (Wildman–Crippen MR) is 158 cm³/mol. The molecule has 0 aliphatic carbocycles. The zero-order valence-electron chi connectivity index (χ0n) is 25.0. The first-order valence-corrected chi connectivity index (χ1v) is 14.0. The van der Waals surface area contributed by atoms with Crippen molar-refractivity contribution in [2.45, 2.75) is 71.8 Å². The summed E-state index contributed by atoms with van der Waals surface area (Å²) in [7, 11) is 0. The summed E-state index contributed by atoms with van der Waals surface area (Å²) in [6.07, 6.45) is -1.52. The fraction of sp³-hybridized carbons (Fsp3) is 0.364. The lowest BCUT2D eigenvalue weighted by Gasteiger charge is -2.32. The largest absolute Gasteiger partial charge is 0.478 e. The Morgan fingerprint density at radius 3 is 2.16 bits per heavy atom. The third-order valence-electron chi connectivity index (χ3n) is 6.58. The molecule has 0 spiro atoms. The molecule has 8 nitrogen and oxygen atoms in total. The second-order valence-electron chi connectivity index (χ2n) is 11.6. The van der Waals surface area contributed by atoms with E-state index in [0.717, 1.165) is 29.7 Å². The van der Waals surface area contributed by atoms with Crippen LogP contribution in [0.5, 0.6) is 0 Å². The Kier molecular flexibility index (Phi) is 11.0. The first-order valence-electron chi connectivity index (χ1n) is 14.0. The molecule has 2 amide bonds. The highest BCUT2D eigenvalue weighted by Gasteiger charge is 2.30. The number of carbonyl (C=O) groups is 3. The van der Waals surface area contributed by atoms with E-state index in [9.17, 15) is 33.4 Å². The number of aromatic carboxylic acids is 1. The van der Waals surface area contributed by atoms with Crippen molar-refractivity contribution in [1.82, 2.24) is 10.2 Å². The van der Waals surface area contributed by atoms with E-state index in [4.69, 9.17) is 4.74 Å². The summed E-state index contributed by atoms with van der Waals surface area (Å²) in [4.78, 5) is 39.4. The van der Waals surface area contributed by atoms with Gasteiger partial charge in [0.05, 0.1) is 24.3 Å². The normalized spacial score (nSPS) is 12.7. The monoisotopic (exact) mass is 596 g/mol. The van der Waals surface area contributed by atoms with Crippen molar-refractivity contribution in [2.75, 3.05) is 6.54 Å². The Bertz CT molecular complexity index is 1450. The number of nitrogens with one attached hydrogen (secondary N) is 1. The number of halogens is 2. The number of carbonyl (C=O) groups excluding carboxylic acids is 2. The van der Waals surface area contributed by atoms with Gasteiger partial charge in [0.25, 0.3) is 5.91 Å². The molecule has 2 atom stereocenters. The number of hydrogen-bond donors (Lipinski definition) is 3. The lowest BCUT2D eigenvalue weighted by atomic mass is 9.99. The summed E-state index contributed by atoms with van der Waals surface area (Å²) in [5.41, 5.74) is 1.65. The number of ether oxygens (including phenoxy) is 1. The first-order chi connectivity index (χ1) is 20.1. The molecule has 2 unspecified atom stereocenters. The molecule has 0 fully saturated rings. The highest BCUT2D eigenvalue weighted by molar-refractivity contribution is 5.98. The van der Waals surface area contributed by atoms with Crippen molar-refractivity contribution in [1.29, 1.82) is 0 Å². The highest BCUT2D eigenvalue weighted by atomic mass is 19.1. The minimum absolute atomic E-state index is 0.0281. The first kappa shape index (κ1) is 33.2. The molecule has 0 aliphatic rings. The quantitative estimate of drug-likeness (QED) is 0.263. The number of nitrogens with zero attached hydrogens (tertiary/aromatic N) is 1. The fourth-order valence-corrected chi connectivity index (χ4v) is 4.61. The van der Waals surface area contributed by atoms with E-state index >= 15 is 0 Å². The van der Waals surface area contributed by atoms with Crippen molar-refractivity contribution in [3.63, 3.8) is 0 Å². The zero-order chi connectivity index (χ0) is 31.9. The summed E-state index contributed by atoms with van der Waals surface area (Å²) in [6, 6.07) is 13.5. The van der Waals surface area contributed by atoms with Crippen LogP contribution in [0.25, 0.3) is 0 Å². The lowest BCUT2D eigenvalue weighted by molar-refractivity contribution is 0.00837. The van der Waals surface area contributed by atoms with Crippen LogP contribution in [0.1, 0.15) is 70.7 Å². The van der Waals surface area contributed by atoms with E-state index in [-0.39, 0.29) is 36.2 Å². The SMILES string of the molecule is CCc1cccc(CN(CC(O)C(Cc2cc(F)cc(F)c2)NC(=O)c2cc(C)cc(C(=O)O)c2)C(=O)OC(C)(C)C)c1. The summed E-state index contributed by atoms with van der Waals surface area (Å²) >= 11 is 0. The molecule has 3 rings (SSSR count). The van der Waals surface area contributed by atoms with Crippen molar-refractivity contribution in [3.8, 4) is 0 Å². The van der Waals surface area contributed by atoms with Gasteiger partial charge in [0, 0.05) is 18.2 Å². The van der Waals surface area contributed by atoms with Crippen LogP contribution in [0.4, 0.5) is 13.6 Å². The molecule has 3 N–H and O–H groups in total. The van der Waals surface area contributed by atoms with Crippen LogP contribution in [0.15, 0.2) is 60.7 Å². The second kappa shape index (κ2) is 14.2. The third-order valence-corrected chi connectivity index (χ3v) is 6.58. The van der Waals surface area contributed by atoms with Gasteiger partial charge in [-0.25, -0.2) is 18.4 Å². The van der Waals surface area contributed by atoms with Gasteiger partial charge < -0.3 is 25.2 Å². The number of aryl methyl sites for hydroxylation is 2. The standard InChI is InChI=1S/C33H38F2N2O6/c1-6-21-8-7-9-22(12-21)18-37(32(42)43-33(3,4)5)19-29(38)28(15-23-13-26(34)17-27(35)14-23)36-30(39)24-10-20(2)11-25(16-24)31(40)41/h7-14,16-17,28-29,38H,6,15,18-19H2,1-5H3,(H,36,39)(H,40,41). The number of aliphatic hydroxyl groups is 1. The number of amides is 2. The zero-order valence-corrected chi connectivity index (χ0v) is 25.0. The second-order valence-corrected chi connectivity index (χ2v) is 11.6. The third kappa shape index (κ3) is 10.2. The summed E-state index contributed by atoms with van der Waals surface area (Å²) in [6.45, 7) is 8.59. The maximum atomic E-state index is 14.0. The van der Waals surface area contributed by atoms with Gasteiger partial charge >= 0.3 is 12.1 Å². The molecule has 3 aromatic carbocycles. The summed E-state index contributed by atoms with van der Waals surface area (Å²) < 4.78 is 33.7. The number of carboxylic acid groups (broad SMARTS) is 1. The van der Waals surface area contributed by atoms with Gasteiger partial charge in [0.1, 0.15) is 17.2 Å². The molecule has 0 heterocycles. The van der Waals surface area contributed by atoms with Crippen molar-refractivity contribution in [2.24, 2.45) is 0 Å². The minimum atomic E-state index is -1.42. The minimum Gasteiger partial charge on any atom is -0.478 e. The molecule has 10 heteroatoms. The molecular weight excluding hydrogens is 558 g/mol. The Morgan fingerprint density at radius 1 is 0.930 bits per heavy atom. The molecule has 0 aromatic heterocycles. The maximum Gasteiger partial charge on any atom is 0.410 e. The predicted octanol–water partition coefficient (Wildman–Crippen LogP) is 5.67. The number of carboxylic acids is 1. The Labute approximate surface area is 250 Å². The fourth-order valence-electron chi connectivity index (χ4n) is 4.61. The van der Waals surface area contributed by atoms with E-state index in [1.165, 1.54) is 23.1 Å². The molecule has 0 saturated heterocycles. The number of hydrogen-bond acceptors (Lipinski definition) is 5. The Hall–Kier alpha value is -4.31. The average Bonchev–Trinajstić information content (AvgIpc) is 2.90. The highest BCUT2D eigenvalue weighted by Crippen LogP contribution is 2.18. The van der Waals surface area contributed by atoms with E-state index in [1.54, 1.807) is 27.7 Å². The van der Waals surface area contributed by atoms with Crippen LogP contribution in [0, 0.1) is 18.6 Å². The molecule has 0 saturated carbocycles. The molecular formula is C33H38F2N2O6. The molecule has 0 radical (unpaired) electrons. The molecule has 0 aliphatic heterocycles. The van der Waals surface area contributed by atoms with Crippen molar-refractivity contribution in [3.05, 3.63) is 106 Å². The maximum absolute atomic E-state index is 14.0. The molecule has 0 bridgehead atoms. The average molecular weight is 597 g/mol. The van der Waals surface area contributed by atoms with Gasteiger partial charge in [-0.3, -0.25) is 4.79 Å².